The molecule has 1 saturated carbocycles. The number of amides is 1. The lowest BCUT2D eigenvalue weighted by Crippen LogP contribution is -2.40. The Morgan fingerprint density at radius 2 is 2.03 bits per heavy atom. The number of rotatable bonds is 5. The van der Waals surface area contributed by atoms with Crippen molar-refractivity contribution in [1.29, 1.82) is 0 Å². The van der Waals surface area contributed by atoms with Crippen LogP contribution in [-0.2, 0) is 4.74 Å². The Kier molecular flexibility index (Phi) is 4.61. The largest absolute Gasteiger partial charge is 0.378 e. The van der Waals surface area contributed by atoms with E-state index in [0.717, 1.165) is 28.4 Å². The highest BCUT2D eigenvalue weighted by Gasteiger charge is 2.25. The predicted molar refractivity (Wildman–Crippen MR) is 119 cm³/mol. The van der Waals surface area contributed by atoms with Crippen molar-refractivity contribution in [3.63, 3.8) is 0 Å². The summed E-state index contributed by atoms with van der Waals surface area (Å²) in [7, 11) is 0. The second-order valence-electron chi connectivity index (χ2n) is 8.21. The van der Waals surface area contributed by atoms with Crippen molar-refractivity contribution in [3.05, 3.63) is 60.0 Å². The number of anilines is 2. The highest BCUT2D eigenvalue weighted by atomic mass is 16.5. The number of ether oxygens (including phenoxy) is 1. The molecule has 9 nitrogen and oxygen atoms in total. The van der Waals surface area contributed by atoms with Gasteiger partial charge in [0.05, 0.1) is 18.9 Å². The van der Waals surface area contributed by atoms with Gasteiger partial charge in [0, 0.05) is 60.4 Å². The third-order valence-electron chi connectivity index (χ3n) is 5.95. The van der Waals surface area contributed by atoms with Gasteiger partial charge in [-0.3, -0.25) is 14.3 Å². The van der Waals surface area contributed by atoms with E-state index in [1.54, 1.807) is 6.20 Å². The Morgan fingerprint density at radius 1 is 1.16 bits per heavy atom. The number of carbonyl (C=O) groups excluding carboxylic acids is 1. The van der Waals surface area contributed by atoms with Crippen molar-refractivity contribution in [2.24, 2.45) is 0 Å². The number of H-pyrrole nitrogens is 1. The maximum Gasteiger partial charge on any atom is 0.254 e. The number of hydrogen-bond donors (Lipinski definition) is 2. The topological polar surface area (TPSA) is 100 Å². The SMILES string of the molecule is O=C(c1cccc(-c2cc3nccn3c(Nc3cc(C4CC4)[nH]n3)n2)c1)N1CCOCC1. The van der Waals surface area contributed by atoms with Crippen LogP contribution in [0.3, 0.4) is 0 Å². The van der Waals surface area contributed by atoms with Gasteiger partial charge in [-0.2, -0.15) is 5.10 Å². The third kappa shape index (κ3) is 3.60. The summed E-state index contributed by atoms with van der Waals surface area (Å²) in [6.07, 6.45) is 6.02. The van der Waals surface area contributed by atoms with Gasteiger partial charge in [0.1, 0.15) is 5.65 Å². The van der Waals surface area contributed by atoms with Gasteiger partial charge in [0.2, 0.25) is 5.95 Å². The highest BCUT2D eigenvalue weighted by Crippen LogP contribution is 2.39. The van der Waals surface area contributed by atoms with E-state index in [-0.39, 0.29) is 5.91 Å². The molecular weight excluding hydrogens is 406 g/mol. The molecule has 1 aliphatic heterocycles. The van der Waals surface area contributed by atoms with Crippen molar-refractivity contribution in [2.45, 2.75) is 18.8 Å². The van der Waals surface area contributed by atoms with E-state index < -0.39 is 0 Å². The minimum absolute atomic E-state index is 0.0134. The van der Waals surface area contributed by atoms with Gasteiger partial charge >= 0.3 is 0 Å². The molecule has 0 radical (unpaired) electrons. The number of morpholine rings is 1. The fourth-order valence-corrected chi connectivity index (χ4v) is 4.04. The van der Waals surface area contributed by atoms with Crippen molar-refractivity contribution in [2.75, 3.05) is 31.6 Å². The van der Waals surface area contributed by atoms with Crippen molar-refractivity contribution in [3.8, 4) is 11.3 Å². The van der Waals surface area contributed by atoms with Gasteiger partial charge in [-0.05, 0) is 25.0 Å². The predicted octanol–water partition coefficient (Wildman–Crippen LogP) is 3.21. The summed E-state index contributed by atoms with van der Waals surface area (Å²) in [5.41, 5.74) is 4.16. The lowest BCUT2D eigenvalue weighted by atomic mass is 10.1. The number of nitrogens with zero attached hydrogens (tertiary/aromatic N) is 5. The first-order chi connectivity index (χ1) is 15.7. The second kappa shape index (κ2) is 7.76. The maximum absolute atomic E-state index is 12.9. The van der Waals surface area contributed by atoms with Crippen molar-refractivity contribution in [1.82, 2.24) is 29.5 Å². The first-order valence-corrected chi connectivity index (χ1v) is 10.9. The van der Waals surface area contributed by atoms with Crippen LogP contribution in [0, 0.1) is 0 Å². The minimum Gasteiger partial charge on any atom is -0.378 e. The zero-order valence-corrected chi connectivity index (χ0v) is 17.5. The summed E-state index contributed by atoms with van der Waals surface area (Å²) in [4.78, 5) is 24.0. The fraction of sp³-hybridized carbons (Fsp3) is 0.304. The van der Waals surface area contributed by atoms with Gasteiger partial charge in [-0.25, -0.2) is 9.97 Å². The van der Waals surface area contributed by atoms with E-state index in [1.165, 1.54) is 12.8 Å². The van der Waals surface area contributed by atoms with E-state index in [4.69, 9.17) is 9.72 Å². The smallest absolute Gasteiger partial charge is 0.254 e. The molecular formula is C23H23N7O2. The van der Waals surface area contributed by atoms with E-state index in [1.807, 2.05) is 51.9 Å². The number of imidazole rings is 1. The summed E-state index contributed by atoms with van der Waals surface area (Å²) < 4.78 is 7.25. The van der Waals surface area contributed by atoms with Crippen molar-refractivity contribution < 1.29 is 9.53 Å². The molecule has 1 aromatic carbocycles. The summed E-state index contributed by atoms with van der Waals surface area (Å²) in [6.45, 7) is 2.38. The molecule has 0 bridgehead atoms. The Bertz CT molecular complexity index is 1280. The van der Waals surface area contributed by atoms with Crippen LogP contribution >= 0.6 is 0 Å². The summed E-state index contributed by atoms with van der Waals surface area (Å²) in [5.74, 6) is 1.95. The molecule has 0 spiro atoms. The van der Waals surface area contributed by atoms with E-state index >= 15 is 0 Å². The molecule has 162 valence electrons. The van der Waals surface area contributed by atoms with Crippen LogP contribution in [0.1, 0.15) is 34.8 Å². The Hall–Kier alpha value is -3.72. The number of benzene rings is 1. The number of carbonyl (C=O) groups is 1. The molecule has 9 heteroatoms. The van der Waals surface area contributed by atoms with Crippen LogP contribution < -0.4 is 5.32 Å². The van der Waals surface area contributed by atoms with Crippen LogP contribution in [-0.4, -0.2) is 61.7 Å². The third-order valence-corrected chi connectivity index (χ3v) is 5.95. The lowest BCUT2D eigenvalue weighted by Gasteiger charge is -2.27. The average Bonchev–Trinajstić information content (AvgIpc) is 3.39. The zero-order valence-electron chi connectivity index (χ0n) is 17.5. The molecule has 4 aromatic rings. The number of aromatic amines is 1. The standard InChI is InChI=1S/C23H23N7O2/c31-22(29-8-10-32-11-9-29)17-3-1-2-16(12-17)18-14-21-24-6-7-30(21)23(25-18)26-20-13-19(27-28-20)15-4-5-15/h1-3,6-7,12-15H,4-5,8-11H2,(H2,25,26,27,28). The number of aromatic nitrogens is 5. The molecule has 3 aromatic heterocycles. The quantitative estimate of drug-likeness (QED) is 0.505. The monoisotopic (exact) mass is 429 g/mol. The highest BCUT2D eigenvalue weighted by molar-refractivity contribution is 5.95. The second-order valence-corrected chi connectivity index (χ2v) is 8.21. The number of nitrogens with one attached hydrogen (secondary N) is 2. The molecule has 2 aliphatic rings. The number of fused-ring (bicyclic) bond motifs is 1. The molecule has 1 amide bonds. The van der Waals surface area contributed by atoms with Crippen molar-refractivity contribution >= 4 is 23.3 Å². The normalized spacial score (nSPS) is 16.4. The molecule has 1 aliphatic carbocycles. The minimum atomic E-state index is 0.0134. The number of hydrogen-bond acceptors (Lipinski definition) is 6. The summed E-state index contributed by atoms with van der Waals surface area (Å²) in [5, 5.41) is 10.8. The van der Waals surface area contributed by atoms with Gasteiger partial charge in [-0.1, -0.05) is 12.1 Å². The van der Waals surface area contributed by atoms with Crippen LogP contribution in [0.15, 0.2) is 48.8 Å². The lowest BCUT2D eigenvalue weighted by molar-refractivity contribution is 0.0303. The van der Waals surface area contributed by atoms with Gasteiger partial charge < -0.3 is 15.0 Å². The average molecular weight is 429 g/mol. The van der Waals surface area contributed by atoms with E-state index in [0.29, 0.717) is 43.7 Å². The molecule has 2 N–H and O–H groups in total. The maximum atomic E-state index is 12.9. The van der Waals surface area contributed by atoms with Gasteiger partial charge in [0.15, 0.2) is 5.82 Å². The first kappa shape index (κ1) is 19.0. The zero-order chi connectivity index (χ0) is 21.5. The van der Waals surface area contributed by atoms with Crippen LogP contribution in [0.25, 0.3) is 16.9 Å². The Morgan fingerprint density at radius 3 is 2.88 bits per heavy atom. The molecule has 2 fully saturated rings. The van der Waals surface area contributed by atoms with Crippen LogP contribution in [0.5, 0.6) is 0 Å². The van der Waals surface area contributed by atoms with Gasteiger partial charge in [0.25, 0.3) is 5.91 Å². The van der Waals surface area contributed by atoms with Crippen LogP contribution in [0.2, 0.25) is 0 Å². The van der Waals surface area contributed by atoms with Gasteiger partial charge in [-0.15, -0.1) is 0 Å². The Balaban J connectivity index is 1.33. The molecule has 0 atom stereocenters. The first-order valence-electron chi connectivity index (χ1n) is 10.9. The fourth-order valence-electron chi connectivity index (χ4n) is 4.04. The molecule has 4 heterocycles. The van der Waals surface area contributed by atoms with Crippen LogP contribution in [0.4, 0.5) is 11.8 Å². The Labute approximate surface area is 184 Å². The molecule has 32 heavy (non-hydrogen) atoms. The summed E-state index contributed by atoms with van der Waals surface area (Å²) in [6, 6.07) is 11.5. The van der Waals surface area contributed by atoms with E-state index in [2.05, 4.69) is 20.5 Å². The summed E-state index contributed by atoms with van der Waals surface area (Å²) >= 11 is 0. The van der Waals surface area contributed by atoms with E-state index in [9.17, 15) is 4.79 Å². The molecule has 0 unspecified atom stereocenters. The molecule has 1 saturated heterocycles. The molecule has 6 rings (SSSR count).